The number of hydrogen-bond donors (Lipinski definition) is 2. The topological polar surface area (TPSA) is 58.1 Å². The van der Waals surface area contributed by atoms with E-state index >= 15 is 0 Å². The lowest BCUT2D eigenvalue weighted by Gasteiger charge is -2.35. The van der Waals surface area contributed by atoms with Crippen molar-refractivity contribution in [2.45, 2.75) is 25.8 Å². The van der Waals surface area contributed by atoms with Gasteiger partial charge >= 0.3 is 0 Å². The summed E-state index contributed by atoms with van der Waals surface area (Å²) in [5.74, 6) is 0.816. The molecule has 0 amide bonds. The van der Waals surface area contributed by atoms with Crippen LogP contribution in [-0.2, 0) is 9.47 Å². The van der Waals surface area contributed by atoms with E-state index in [0.717, 1.165) is 82.0 Å². The number of benzene rings is 1. The molecule has 0 radical (unpaired) electrons. The van der Waals surface area contributed by atoms with Crippen molar-refractivity contribution in [3.8, 4) is 0 Å². The van der Waals surface area contributed by atoms with Crippen molar-refractivity contribution in [2.24, 2.45) is 4.99 Å². The van der Waals surface area contributed by atoms with Crippen LogP contribution in [0.5, 0.6) is 0 Å². The molecule has 160 valence electrons. The zero-order chi connectivity index (χ0) is 19.3. The Labute approximate surface area is 191 Å². The fourth-order valence-electron chi connectivity index (χ4n) is 3.16. The molecule has 1 aliphatic heterocycles. The van der Waals surface area contributed by atoms with Gasteiger partial charge in [-0.25, -0.2) is 0 Å². The summed E-state index contributed by atoms with van der Waals surface area (Å²) in [5.41, 5.74) is 1.14. The van der Waals surface area contributed by atoms with Gasteiger partial charge in [-0.2, -0.15) is 0 Å². The number of nitrogens with zero attached hydrogens (tertiary/aromatic N) is 2. The molecule has 1 unspecified atom stereocenters. The van der Waals surface area contributed by atoms with Crippen molar-refractivity contribution in [3.05, 3.63) is 34.9 Å². The standard InChI is InChI=1S/C20H33ClN4O2.HI/c1-3-26-13-7-6-10-23-20(22-2)24-16-19(25-11-14-27-15-12-25)17-8-4-5-9-18(17)21;/h4-5,8-9,19H,3,6-7,10-16H2,1-2H3,(H2,22,23,24);1H. The van der Waals surface area contributed by atoms with Gasteiger partial charge in [0.05, 0.1) is 19.3 Å². The van der Waals surface area contributed by atoms with Crippen LogP contribution in [0.1, 0.15) is 31.4 Å². The number of aliphatic imine (C=N–C) groups is 1. The van der Waals surface area contributed by atoms with Crippen molar-refractivity contribution < 1.29 is 9.47 Å². The summed E-state index contributed by atoms with van der Waals surface area (Å²) in [4.78, 5) is 6.77. The Morgan fingerprint density at radius 2 is 2.00 bits per heavy atom. The number of guanidine groups is 1. The summed E-state index contributed by atoms with van der Waals surface area (Å²) in [7, 11) is 1.80. The average Bonchev–Trinajstić information content (AvgIpc) is 2.71. The van der Waals surface area contributed by atoms with Gasteiger partial charge in [-0.1, -0.05) is 29.8 Å². The van der Waals surface area contributed by atoms with Crippen LogP contribution in [0.15, 0.2) is 29.3 Å². The maximum absolute atomic E-state index is 6.49. The second-order valence-electron chi connectivity index (χ2n) is 6.47. The Hall–Kier alpha value is -0.610. The van der Waals surface area contributed by atoms with Crippen molar-refractivity contribution in [2.75, 3.05) is 59.7 Å². The molecule has 2 N–H and O–H groups in total. The molecule has 0 spiro atoms. The molecule has 1 aromatic rings. The van der Waals surface area contributed by atoms with E-state index in [4.69, 9.17) is 21.1 Å². The zero-order valence-corrected chi connectivity index (χ0v) is 20.0. The third-order valence-corrected chi connectivity index (χ3v) is 4.99. The first kappa shape index (κ1) is 25.4. The monoisotopic (exact) mass is 524 g/mol. The molecule has 1 aliphatic rings. The molecule has 8 heteroatoms. The molecule has 1 atom stereocenters. The van der Waals surface area contributed by atoms with Gasteiger partial charge in [-0.3, -0.25) is 9.89 Å². The number of morpholine rings is 1. The average molecular weight is 525 g/mol. The second-order valence-corrected chi connectivity index (χ2v) is 6.88. The summed E-state index contributed by atoms with van der Waals surface area (Å²) < 4.78 is 10.9. The summed E-state index contributed by atoms with van der Waals surface area (Å²) in [5, 5.41) is 7.64. The van der Waals surface area contributed by atoms with E-state index in [-0.39, 0.29) is 30.0 Å². The molecule has 1 fully saturated rings. The molecule has 1 saturated heterocycles. The molecule has 6 nitrogen and oxygen atoms in total. The van der Waals surface area contributed by atoms with E-state index in [0.29, 0.717) is 0 Å². The molecule has 0 bridgehead atoms. The van der Waals surface area contributed by atoms with E-state index in [1.54, 1.807) is 7.05 Å². The third-order valence-electron chi connectivity index (χ3n) is 4.65. The first-order valence-electron chi connectivity index (χ1n) is 9.84. The summed E-state index contributed by atoms with van der Waals surface area (Å²) in [6, 6.07) is 8.25. The molecular formula is C20H34ClIN4O2. The Morgan fingerprint density at radius 3 is 2.68 bits per heavy atom. The van der Waals surface area contributed by atoms with Gasteiger partial charge in [0.25, 0.3) is 0 Å². The van der Waals surface area contributed by atoms with Gasteiger partial charge in [0.1, 0.15) is 0 Å². The molecular weight excluding hydrogens is 491 g/mol. The lowest BCUT2D eigenvalue weighted by molar-refractivity contribution is 0.0170. The zero-order valence-electron chi connectivity index (χ0n) is 17.0. The van der Waals surface area contributed by atoms with Crippen molar-refractivity contribution in [1.29, 1.82) is 0 Å². The van der Waals surface area contributed by atoms with E-state index in [2.05, 4.69) is 26.6 Å². The molecule has 28 heavy (non-hydrogen) atoms. The lowest BCUT2D eigenvalue weighted by Crippen LogP contribution is -2.46. The fourth-order valence-corrected chi connectivity index (χ4v) is 3.43. The predicted octanol–water partition coefficient (Wildman–Crippen LogP) is 3.31. The Balaban J connectivity index is 0.00000392. The third kappa shape index (κ3) is 8.82. The lowest BCUT2D eigenvalue weighted by atomic mass is 10.0. The van der Waals surface area contributed by atoms with E-state index in [9.17, 15) is 0 Å². The molecule has 0 aliphatic carbocycles. The minimum Gasteiger partial charge on any atom is -0.382 e. The van der Waals surface area contributed by atoms with Gasteiger partial charge in [-0.15, -0.1) is 24.0 Å². The van der Waals surface area contributed by atoms with Gasteiger partial charge in [-0.05, 0) is 31.4 Å². The quantitative estimate of drug-likeness (QED) is 0.213. The van der Waals surface area contributed by atoms with Crippen LogP contribution >= 0.6 is 35.6 Å². The fraction of sp³-hybridized carbons (Fsp3) is 0.650. The van der Waals surface area contributed by atoms with Crippen LogP contribution in [0.25, 0.3) is 0 Å². The Morgan fingerprint density at radius 1 is 1.25 bits per heavy atom. The number of unbranched alkanes of at least 4 members (excludes halogenated alkanes) is 1. The van der Waals surface area contributed by atoms with Crippen molar-refractivity contribution in [1.82, 2.24) is 15.5 Å². The number of nitrogens with one attached hydrogen (secondary N) is 2. The van der Waals surface area contributed by atoms with Crippen LogP contribution in [0.2, 0.25) is 5.02 Å². The first-order chi connectivity index (χ1) is 13.3. The Bertz CT molecular complexity index is 571. The predicted molar refractivity (Wildman–Crippen MR) is 127 cm³/mol. The van der Waals surface area contributed by atoms with Gasteiger partial charge in [0.2, 0.25) is 0 Å². The molecule has 2 rings (SSSR count). The highest BCUT2D eigenvalue weighted by Crippen LogP contribution is 2.27. The first-order valence-corrected chi connectivity index (χ1v) is 10.2. The largest absolute Gasteiger partial charge is 0.382 e. The highest BCUT2D eigenvalue weighted by Gasteiger charge is 2.24. The summed E-state index contributed by atoms with van der Waals surface area (Å²) in [6.45, 7) is 8.55. The maximum atomic E-state index is 6.49. The van der Waals surface area contributed by atoms with Gasteiger partial charge < -0.3 is 20.1 Å². The molecule has 0 aromatic heterocycles. The minimum absolute atomic E-state index is 0. The number of ether oxygens (including phenoxy) is 2. The summed E-state index contributed by atoms with van der Waals surface area (Å²) in [6.07, 6.45) is 2.10. The van der Waals surface area contributed by atoms with Crippen LogP contribution < -0.4 is 10.6 Å². The van der Waals surface area contributed by atoms with Crippen LogP contribution in [-0.4, -0.2) is 70.5 Å². The number of hydrogen-bond acceptors (Lipinski definition) is 4. The number of rotatable bonds is 10. The molecule has 1 heterocycles. The van der Waals surface area contributed by atoms with E-state index in [1.165, 1.54) is 0 Å². The van der Waals surface area contributed by atoms with Gasteiger partial charge in [0, 0.05) is 51.5 Å². The number of halogens is 2. The van der Waals surface area contributed by atoms with Gasteiger partial charge in [0.15, 0.2) is 5.96 Å². The van der Waals surface area contributed by atoms with Crippen molar-refractivity contribution in [3.63, 3.8) is 0 Å². The second kappa shape index (κ2) is 15.3. The smallest absolute Gasteiger partial charge is 0.191 e. The van der Waals surface area contributed by atoms with Crippen molar-refractivity contribution >= 4 is 41.5 Å². The minimum atomic E-state index is 0. The van der Waals surface area contributed by atoms with Crippen LogP contribution in [0.4, 0.5) is 0 Å². The van der Waals surface area contributed by atoms with Crippen LogP contribution in [0, 0.1) is 0 Å². The normalized spacial score (nSPS) is 16.3. The molecule has 1 aromatic carbocycles. The molecule has 0 saturated carbocycles. The van der Waals surface area contributed by atoms with E-state index < -0.39 is 0 Å². The highest BCUT2D eigenvalue weighted by molar-refractivity contribution is 14.0. The Kier molecular flexibility index (Phi) is 13.9. The SMILES string of the molecule is CCOCCCCNC(=NC)NCC(c1ccccc1Cl)N1CCOCC1.I. The highest BCUT2D eigenvalue weighted by atomic mass is 127. The van der Waals surface area contributed by atoms with E-state index in [1.807, 2.05) is 25.1 Å². The maximum Gasteiger partial charge on any atom is 0.191 e. The summed E-state index contributed by atoms with van der Waals surface area (Å²) >= 11 is 6.49. The van der Waals surface area contributed by atoms with Crippen LogP contribution in [0.3, 0.4) is 0 Å².